The summed E-state index contributed by atoms with van der Waals surface area (Å²) in [5.74, 6) is 0.590. The first kappa shape index (κ1) is 14.9. The van der Waals surface area contributed by atoms with Gasteiger partial charge in [-0.2, -0.15) is 12.6 Å². The van der Waals surface area contributed by atoms with Crippen LogP contribution in [0.4, 0.5) is 0 Å². The average Bonchev–Trinajstić information content (AvgIpc) is 2.85. The Hall–Kier alpha value is -0.460. The van der Waals surface area contributed by atoms with Crippen molar-refractivity contribution >= 4 is 41.7 Å². The highest BCUT2D eigenvalue weighted by Crippen LogP contribution is 2.30. The lowest BCUT2D eigenvalue weighted by molar-refractivity contribution is -0.122. The molecule has 1 aromatic rings. The largest absolute Gasteiger partial charge is 0.354 e. The molecule has 3 N–H and O–H groups in total. The molecule has 0 spiro atoms. The minimum Gasteiger partial charge on any atom is -0.354 e. The zero-order valence-electron chi connectivity index (χ0n) is 10.1. The molecule has 7 heteroatoms. The van der Waals surface area contributed by atoms with Crippen LogP contribution in [0.25, 0.3) is 0 Å². The zero-order chi connectivity index (χ0) is 13.8. The smallest absolute Gasteiger partial charge is 0.238 e. The van der Waals surface area contributed by atoms with Crippen molar-refractivity contribution in [3.05, 3.63) is 33.8 Å². The summed E-state index contributed by atoms with van der Waals surface area (Å²) in [5, 5.41) is 4.00. The lowest BCUT2D eigenvalue weighted by Crippen LogP contribution is -2.43. The maximum atomic E-state index is 11.8. The van der Waals surface area contributed by atoms with Gasteiger partial charge in [0.2, 0.25) is 5.91 Å². The van der Waals surface area contributed by atoms with Crippen LogP contribution < -0.4 is 16.2 Å². The highest BCUT2D eigenvalue weighted by molar-refractivity contribution is 7.80. The number of carbonyl (C=O) groups excluding carboxylic acids is 1. The van der Waals surface area contributed by atoms with Gasteiger partial charge >= 0.3 is 0 Å². The van der Waals surface area contributed by atoms with Gasteiger partial charge < -0.3 is 5.32 Å². The van der Waals surface area contributed by atoms with Crippen molar-refractivity contribution in [2.24, 2.45) is 0 Å². The normalized spacial score (nSPS) is 22.5. The molecule has 1 aromatic carbocycles. The van der Waals surface area contributed by atoms with Crippen LogP contribution in [0, 0.1) is 0 Å². The molecule has 19 heavy (non-hydrogen) atoms. The molecule has 1 fully saturated rings. The molecule has 0 saturated carbocycles. The van der Waals surface area contributed by atoms with E-state index in [4.69, 9.17) is 23.2 Å². The van der Waals surface area contributed by atoms with E-state index in [9.17, 15) is 4.79 Å². The Balaban J connectivity index is 1.99. The van der Waals surface area contributed by atoms with Gasteiger partial charge in [0.15, 0.2) is 0 Å². The molecule has 4 nitrogen and oxygen atoms in total. The Bertz CT molecular complexity index is 472. The second-order valence-corrected chi connectivity index (χ2v) is 5.60. The highest BCUT2D eigenvalue weighted by Gasteiger charge is 2.30. The maximum absolute atomic E-state index is 11.8. The second kappa shape index (κ2) is 6.81. The lowest BCUT2D eigenvalue weighted by atomic mass is 10.0. The summed E-state index contributed by atoms with van der Waals surface area (Å²) in [5.41, 5.74) is 6.99. The van der Waals surface area contributed by atoms with Gasteiger partial charge in [0.1, 0.15) is 6.04 Å². The lowest BCUT2D eigenvalue weighted by Gasteiger charge is -2.12. The molecule has 1 aliphatic heterocycles. The Morgan fingerprint density at radius 3 is 2.89 bits per heavy atom. The highest BCUT2D eigenvalue weighted by atomic mass is 35.5. The molecule has 104 valence electrons. The average molecular weight is 320 g/mol. The van der Waals surface area contributed by atoms with E-state index in [2.05, 4.69) is 28.8 Å². The van der Waals surface area contributed by atoms with E-state index in [1.165, 1.54) is 0 Å². The monoisotopic (exact) mass is 319 g/mol. The number of halogens is 2. The first-order chi connectivity index (χ1) is 9.11. The molecule has 1 heterocycles. The molecule has 0 aliphatic carbocycles. The Labute approximate surface area is 127 Å². The third-order valence-corrected chi connectivity index (χ3v) is 3.75. The molecular formula is C12H15Cl2N3OS. The van der Waals surface area contributed by atoms with Crippen molar-refractivity contribution in [3.8, 4) is 0 Å². The Morgan fingerprint density at radius 2 is 2.21 bits per heavy atom. The maximum Gasteiger partial charge on any atom is 0.238 e. The summed E-state index contributed by atoms with van der Waals surface area (Å²) in [6.07, 6.45) is 0.639. The van der Waals surface area contributed by atoms with Crippen molar-refractivity contribution in [2.45, 2.75) is 18.5 Å². The number of hydrogen-bond acceptors (Lipinski definition) is 4. The number of carbonyl (C=O) groups is 1. The molecule has 2 atom stereocenters. The molecule has 1 aliphatic rings. The van der Waals surface area contributed by atoms with Crippen molar-refractivity contribution in [2.75, 3.05) is 12.3 Å². The number of amides is 1. The number of rotatable bonds is 4. The summed E-state index contributed by atoms with van der Waals surface area (Å²) in [4.78, 5) is 11.8. The summed E-state index contributed by atoms with van der Waals surface area (Å²) in [6, 6.07) is 5.10. The quantitative estimate of drug-likeness (QED) is 0.642. The van der Waals surface area contributed by atoms with Gasteiger partial charge in [-0.25, -0.2) is 10.9 Å². The van der Waals surface area contributed by atoms with E-state index < -0.39 is 0 Å². The van der Waals surface area contributed by atoms with Gasteiger partial charge in [0.05, 0.1) is 0 Å². The van der Waals surface area contributed by atoms with Crippen LogP contribution in [-0.2, 0) is 4.79 Å². The van der Waals surface area contributed by atoms with Gasteiger partial charge in [-0.15, -0.1) is 0 Å². The van der Waals surface area contributed by atoms with E-state index >= 15 is 0 Å². The van der Waals surface area contributed by atoms with Crippen LogP contribution in [0.3, 0.4) is 0 Å². The van der Waals surface area contributed by atoms with E-state index in [-0.39, 0.29) is 18.0 Å². The van der Waals surface area contributed by atoms with Crippen LogP contribution in [0.5, 0.6) is 0 Å². The standard InChI is InChI=1S/C12H15Cl2N3OS/c13-7-1-2-8(9(14)5-7)10-6-11(17-16-10)12(18)15-3-4-19/h1-2,5,10-11,16-17,19H,3-4,6H2,(H,15,18). The van der Waals surface area contributed by atoms with Crippen LogP contribution in [0.1, 0.15) is 18.0 Å². The Kier molecular flexibility index (Phi) is 5.36. The van der Waals surface area contributed by atoms with Gasteiger partial charge in [-0.05, 0) is 24.1 Å². The number of benzene rings is 1. The predicted molar refractivity (Wildman–Crippen MR) is 80.7 cm³/mol. The molecule has 1 amide bonds. The summed E-state index contributed by atoms with van der Waals surface area (Å²) in [7, 11) is 0. The topological polar surface area (TPSA) is 53.2 Å². The van der Waals surface area contributed by atoms with E-state index in [0.29, 0.717) is 28.8 Å². The molecule has 2 unspecified atom stereocenters. The number of hydrogen-bond donors (Lipinski definition) is 4. The van der Waals surface area contributed by atoms with E-state index in [0.717, 1.165) is 5.56 Å². The van der Waals surface area contributed by atoms with Crippen LogP contribution >= 0.6 is 35.8 Å². The zero-order valence-corrected chi connectivity index (χ0v) is 12.5. The van der Waals surface area contributed by atoms with Crippen LogP contribution in [-0.4, -0.2) is 24.2 Å². The molecule has 0 aromatic heterocycles. The van der Waals surface area contributed by atoms with E-state index in [1.54, 1.807) is 12.1 Å². The molecular weight excluding hydrogens is 305 g/mol. The number of hydrazine groups is 1. The fourth-order valence-electron chi connectivity index (χ4n) is 2.02. The first-order valence-electron chi connectivity index (χ1n) is 5.96. The van der Waals surface area contributed by atoms with Gasteiger partial charge in [0.25, 0.3) is 0 Å². The van der Waals surface area contributed by atoms with Gasteiger partial charge in [-0.3, -0.25) is 4.79 Å². The summed E-state index contributed by atoms with van der Waals surface area (Å²) >= 11 is 16.1. The van der Waals surface area contributed by atoms with Crippen molar-refractivity contribution in [3.63, 3.8) is 0 Å². The van der Waals surface area contributed by atoms with Gasteiger partial charge in [-0.1, -0.05) is 29.3 Å². The summed E-state index contributed by atoms with van der Waals surface area (Å²) < 4.78 is 0. The van der Waals surface area contributed by atoms with Crippen molar-refractivity contribution in [1.29, 1.82) is 0 Å². The predicted octanol–water partition coefficient (Wildman–Crippen LogP) is 1.95. The minimum atomic E-state index is -0.267. The van der Waals surface area contributed by atoms with Crippen LogP contribution in [0.2, 0.25) is 10.0 Å². The SMILES string of the molecule is O=C(NCCS)C1CC(c2ccc(Cl)cc2Cl)NN1. The van der Waals surface area contributed by atoms with E-state index in [1.807, 2.05) is 6.07 Å². The molecule has 2 rings (SSSR count). The molecule has 1 saturated heterocycles. The fourth-order valence-corrected chi connectivity index (χ4v) is 2.67. The first-order valence-corrected chi connectivity index (χ1v) is 7.35. The Morgan fingerprint density at radius 1 is 1.42 bits per heavy atom. The third-order valence-electron chi connectivity index (χ3n) is 2.97. The summed E-state index contributed by atoms with van der Waals surface area (Å²) in [6.45, 7) is 0.562. The number of thiol groups is 1. The number of nitrogens with one attached hydrogen (secondary N) is 3. The second-order valence-electron chi connectivity index (χ2n) is 4.31. The fraction of sp³-hybridized carbons (Fsp3) is 0.417. The van der Waals surface area contributed by atoms with Crippen LogP contribution in [0.15, 0.2) is 18.2 Å². The molecule has 0 bridgehead atoms. The molecule has 0 radical (unpaired) electrons. The minimum absolute atomic E-state index is 0.00322. The van der Waals surface area contributed by atoms with Gasteiger partial charge in [0, 0.05) is 28.4 Å². The third kappa shape index (κ3) is 3.77. The van der Waals surface area contributed by atoms with Crippen molar-refractivity contribution in [1.82, 2.24) is 16.2 Å². The van der Waals surface area contributed by atoms with Crippen molar-refractivity contribution < 1.29 is 4.79 Å².